The van der Waals surface area contributed by atoms with Gasteiger partial charge in [-0.05, 0) is 44.9 Å². The van der Waals surface area contributed by atoms with Crippen LogP contribution in [0.25, 0.3) is 0 Å². The number of allylic oxidation sites excluding steroid dienone is 1. The van der Waals surface area contributed by atoms with Gasteiger partial charge in [-0.25, -0.2) is 17.6 Å². The zero-order chi connectivity index (χ0) is 31.5. The lowest BCUT2D eigenvalue weighted by atomic mass is 9.91. The van der Waals surface area contributed by atoms with Gasteiger partial charge >= 0.3 is 5.97 Å². The highest BCUT2D eigenvalue weighted by Crippen LogP contribution is 2.30. The van der Waals surface area contributed by atoms with Crippen LogP contribution in [0.1, 0.15) is 122 Å². The number of carboxylic acids is 1. The second-order valence-corrected chi connectivity index (χ2v) is 12.7. The third-order valence-electron chi connectivity index (χ3n) is 7.95. The first-order valence-electron chi connectivity index (χ1n) is 16.1. The molecule has 1 aromatic rings. The molecule has 5 nitrogen and oxygen atoms in total. The minimum atomic E-state index is -1.52. The van der Waals surface area contributed by atoms with Crippen molar-refractivity contribution < 1.29 is 32.3 Å². The van der Waals surface area contributed by atoms with Crippen molar-refractivity contribution in [1.82, 2.24) is 10.6 Å². The number of carbonyl (C=O) groups excluding carboxylic acids is 1. The lowest BCUT2D eigenvalue weighted by Gasteiger charge is -2.30. The minimum Gasteiger partial charge on any atom is -0.481 e. The molecule has 3 rings (SSSR count). The van der Waals surface area contributed by atoms with E-state index >= 15 is 0 Å². The molecule has 0 heterocycles. The summed E-state index contributed by atoms with van der Waals surface area (Å²) in [5.74, 6) is -7.70. The fraction of sp³-hybridized carbons (Fsp3) is 0.697. The summed E-state index contributed by atoms with van der Waals surface area (Å²) in [7, 11) is 0. The number of amides is 1. The standard InChI is InChI=1S/C21H27F4NO3S.C12H23N/c1-2-3-4-5-6-7-8-9-17(27)26-14(10-11-18(28)29)13-30-21-19(24)15(22)12-16(23)20(21)25;1-3-7-11(8-4-1)13-12-9-5-2-6-10-12/h7-8,12,14H,2-6,9-11,13H2,1H3,(H,26,27)(H,28,29);11-13H,1-10H2/b8-7+;/t14-;/m0./s1. The van der Waals surface area contributed by atoms with Gasteiger partial charge in [0.15, 0.2) is 23.3 Å². The van der Waals surface area contributed by atoms with Crippen molar-refractivity contribution in [2.24, 2.45) is 0 Å². The monoisotopic (exact) mass is 630 g/mol. The summed E-state index contributed by atoms with van der Waals surface area (Å²) < 4.78 is 54.2. The van der Waals surface area contributed by atoms with E-state index in [9.17, 15) is 27.2 Å². The Balaban J connectivity index is 0.000000407. The maximum Gasteiger partial charge on any atom is 0.303 e. The number of halogens is 4. The molecule has 1 aromatic carbocycles. The molecule has 3 N–H and O–H groups in total. The highest BCUT2D eigenvalue weighted by molar-refractivity contribution is 7.99. The Labute approximate surface area is 259 Å². The average Bonchev–Trinajstić information content (AvgIpc) is 2.99. The summed E-state index contributed by atoms with van der Waals surface area (Å²) in [5, 5.41) is 15.3. The van der Waals surface area contributed by atoms with Crippen molar-refractivity contribution in [3.63, 3.8) is 0 Å². The van der Waals surface area contributed by atoms with Crippen LogP contribution in [0.15, 0.2) is 23.1 Å². The molecular formula is C33H50F4N2O3S. The number of carbonyl (C=O) groups is 2. The quantitative estimate of drug-likeness (QED) is 0.0559. The molecule has 43 heavy (non-hydrogen) atoms. The van der Waals surface area contributed by atoms with Crippen LogP contribution >= 0.6 is 11.8 Å². The summed E-state index contributed by atoms with van der Waals surface area (Å²) in [4.78, 5) is 22.1. The van der Waals surface area contributed by atoms with Crippen LogP contribution in [0.5, 0.6) is 0 Å². The molecule has 0 bridgehead atoms. The van der Waals surface area contributed by atoms with Gasteiger partial charge in [0.1, 0.15) is 0 Å². The fourth-order valence-electron chi connectivity index (χ4n) is 5.51. The molecule has 2 aliphatic carbocycles. The fourth-order valence-corrected chi connectivity index (χ4v) is 6.58. The normalized spacial score (nSPS) is 17.0. The molecule has 0 saturated heterocycles. The molecule has 2 aliphatic rings. The number of aliphatic carboxylic acids is 1. The number of carboxylic acid groups (broad SMARTS) is 1. The van der Waals surface area contributed by atoms with Crippen LogP contribution in [0.3, 0.4) is 0 Å². The van der Waals surface area contributed by atoms with E-state index in [4.69, 9.17) is 5.11 Å². The maximum absolute atomic E-state index is 13.8. The van der Waals surface area contributed by atoms with Crippen molar-refractivity contribution >= 4 is 23.6 Å². The first-order valence-corrected chi connectivity index (χ1v) is 17.1. The SMILES string of the molecule is C1CCC(NC2CCCCC2)CC1.CCCCCC/C=C/CC(=O)N[C@@H](CCC(=O)O)CSc1c(F)c(F)cc(F)c1F. The number of unbranched alkanes of at least 4 members (excludes halogenated alkanes) is 4. The third kappa shape index (κ3) is 15.5. The largest absolute Gasteiger partial charge is 0.481 e. The topological polar surface area (TPSA) is 78.4 Å². The smallest absolute Gasteiger partial charge is 0.303 e. The molecule has 0 aromatic heterocycles. The summed E-state index contributed by atoms with van der Waals surface area (Å²) in [6.07, 6.45) is 23.3. The summed E-state index contributed by atoms with van der Waals surface area (Å²) in [6.45, 7) is 2.12. The molecule has 0 aliphatic heterocycles. The Hall–Kier alpha value is -2.07. The summed E-state index contributed by atoms with van der Waals surface area (Å²) in [5.41, 5.74) is 0. The Bertz CT molecular complexity index is 957. The minimum absolute atomic E-state index is 0.00976. The van der Waals surface area contributed by atoms with Gasteiger partial charge < -0.3 is 15.7 Å². The van der Waals surface area contributed by atoms with Crippen molar-refractivity contribution in [2.75, 3.05) is 5.75 Å². The van der Waals surface area contributed by atoms with Crippen LogP contribution in [0, 0.1) is 23.3 Å². The van der Waals surface area contributed by atoms with Gasteiger partial charge in [-0.3, -0.25) is 9.59 Å². The Kier molecular flexibility index (Phi) is 18.6. The van der Waals surface area contributed by atoms with Gasteiger partial charge in [-0.2, -0.15) is 0 Å². The molecule has 1 amide bonds. The third-order valence-corrected chi connectivity index (χ3v) is 9.16. The van der Waals surface area contributed by atoms with Gasteiger partial charge in [0.25, 0.3) is 0 Å². The summed E-state index contributed by atoms with van der Waals surface area (Å²) >= 11 is 0.488. The predicted octanol–water partition coefficient (Wildman–Crippen LogP) is 8.84. The molecule has 0 spiro atoms. The number of rotatable bonds is 16. The van der Waals surface area contributed by atoms with Gasteiger partial charge in [0.05, 0.1) is 4.90 Å². The highest BCUT2D eigenvalue weighted by Gasteiger charge is 2.22. The van der Waals surface area contributed by atoms with E-state index in [0.717, 1.165) is 44.2 Å². The first kappa shape index (κ1) is 37.1. The van der Waals surface area contributed by atoms with Crippen molar-refractivity contribution in [3.05, 3.63) is 41.5 Å². The second kappa shape index (κ2) is 21.6. The zero-order valence-electron chi connectivity index (χ0n) is 25.6. The van der Waals surface area contributed by atoms with Crippen molar-refractivity contribution in [2.45, 2.75) is 146 Å². The molecule has 0 unspecified atom stereocenters. The second-order valence-electron chi connectivity index (χ2n) is 11.7. The lowest BCUT2D eigenvalue weighted by Crippen LogP contribution is -2.40. The Morgan fingerprint density at radius 1 is 0.907 bits per heavy atom. The average molecular weight is 631 g/mol. The molecule has 0 radical (unpaired) electrons. The van der Waals surface area contributed by atoms with Crippen LogP contribution in [-0.4, -0.2) is 40.9 Å². The van der Waals surface area contributed by atoms with E-state index in [0.29, 0.717) is 11.8 Å². The number of hydrogen-bond donors (Lipinski definition) is 3. The van der Waals surface area contributed by atoms with Crippen molar-refractivity contribution in [3.8, 4) is 0 Å². The van der Waals surface area contributed by atoms with Crippen LogP contribution in [0.4, 0.5) is 17.6 Å². The first-order chi connectivity index (χ1) is 20.7. The lowest BCUT2D eigenvalue weighted by molar-refractivity contribution is -0.137. The highest BCUT2D eigenvalue weighted by atomic mass is 32.2. The van der Waals surface area contributed by atoms with Gasteiger partial charge in [0.2, 0.25) is 5.91 Å². The van der Waals surface area contributed by atoms with E-state index in [2.05, 4.69) is 17.6 Å². The molecule has 2 saturated carbocycles. The van der Waals surface area contributed by atoms with Crippen molar-refractivity contribution in [1.29, 1.82) is 0 Å². The predicted molar refractivity (Wildman–Crippen MR) is 165 cm³/mol. The van der Waals surface area contributed by atoms with E-state index in [1.54, 1.807) is 6.08 Å². The maximum atomic E-state index is 13.8. The Morgan fingerprint density at radius 2 is 1.49 bits per heavy atom. The number of hydrogen-bond acceptors (Lipinski definition) is 4. The number of benzene rings is 1. The molecule has 1 atom stereocenters. The van der Waals surface area contributed by atoms with Gasteiger partial charge in [-0.15, -0.1) is 11.8 Å². The summed E-state index contributed by atoms with van der Waals surface area (Å²) in [6, 6.07) is 1.13. The van der Waals surface area contributed by atoms with E-state index in [1.807, 2.05) is 6.08 Å². The molecule has 2 fully saturated rings. The van der Waals surface area contributed by atoms with Crippen LogP contribution < -0.4 is 10.6 Å². The molecular weight excluding hydrogens is 580 g/mol. The Morgan fingerprint density at radius 3 is 2.02 bits per heavy atom. The zero-order valence-corrected chi connectivity index (χ0v) is 26.4. The number of thioether (sulfide) groups is 1. The number of nitrogens with one attached hydrogen (secondary N) is 2. The van der Waals surface area contributed by atoms with E-state index < -0.39 is 40.2 Å². The molecule has 244 valence electrons. The molecule has 10 heteroatoms. The van der Waals surface area contributed by atoms with E-state index in [1.165, 1.54) is 64.2 Å². The van der Waals surface area contributed by atoms with Gasteiger partial charge in [-0.1, -0.05) is 76.9 Å². The van der Waals surface area contributed by atoms with Crippen LogP contribution in [0.2, 0.25) is 0 Å². The van der Waals surface area contributed by atoms with Gasteiger partial charge in [0, 0.05) is 42.8 Å². The van der Waals surface area contributed by atoms with Crippen LogP contribution in [-0.2, 0) is 9.59 Å². The van der Waals surface area contributed by atoms with E-state index in [-0.39, 0.29) is 37.0 Å².